The van der Waals surface area contributed by atoms with E-state index in [2.05, 4.69) is 20.4 Å². The molecule has 2 N–H and O–H groups in total. The minimum absolute atomic E-state index is 0.0204. The number of amides is 2. The Morgan fingerprint density at radius 2 is 1.96 bits per heavy atom. The highest BCUT2D eigenvalue weighted by Crippen LogP contribution is 2.33. The largest absolute Gasteiger partial charge is 0.379 e. The lowest BCUT2D eigenvalue weighted by atomic mass is 9.80. The first kappa shape index (κ1) is 20.1. The maximum atomic E-state index is 12.7. The predicted molar refractivity (Wildman–Crippen MR) is 106 cm³/mol. The summed E-state index contributed by atoms with van der Waals surface area (Å²) in [6.07, 6.45) is 6.98. The molecule has 1 saturated heterocycles. The van der Waals surface area contributed by atoms with E-state index in [4.69, 9.17) is 4.74 Å². The Kier molecular flexibility index (Phi) is 6.76. The molecular weight excluding hydrogens is 342 g/mol. The van der Waals surface area contributed by atoms with Crippen molar-refractivity contribution < 1.29 is 9.53 Å². The van der Waals surface area contributed by atoms with E-state index in [1.165, 1.54) is 37.7 Å². The van der Waals surface area contributed by atoms with Gasteiger partial charge in [0.15, 0.2) is 0 Å². The zero-order valence-electron chi connectivity index (χ0n) is 17.1. The van der Waals surface area contributed by atoms with Gasteiger partial charge < -0.3 is 15.0 Å². The molecule has 0 aromatic carbocycles. The standard InChI is InChI=1S/C20H35N5O2/c1-16-18(17(2)23-22-16)7-10-24(3)19(26)21-15-20(8-5-4-6-9-20)25-11-13-27-14-12-25/h4-15H2,1-3H3,(H,21,26)(H,22,23). The van der Waals surface area contributed by atoms with Gasteiger partial charge >= 0.3 is 6.03 Å². The Hall–Kier alpha value is -1.60. The van der Waals surface area contributed by atoms with Gasteiger partial charge in [-0.25, -0.2) is 4.79 Å². The Labute approximate surface area is 162 Å². The molecular formula is C20H35N5O2. The minimum atomic E-state index is 0.0204. The minimum Gasteiger partial charge on any atom is -0.379 e. The van der Waals surface area contributed by atoms with E-state index in [1.54, 1.807) is 4.90 Å². The molecule has 2 fully saturated rings. The first-order valence-electron chi connectivity index (χ1n) is 10.3. The second kappa shape index (κ2) is 9.06. The third kappa shape index (κ3) is 4.82. The quantitative estimate of drug-likeness (QED) is 0.797. The third-order valence-corrected chi connectivity index (χ3v) is 6.36. The molecule has 3 rings (SSSR count). The van der Waals surface area contributed by atoms with Crippen molar-refractivity contribution in [1.82, 2.24) is 25.3 Å². The molecule has 0 atom stereocenters. The van der Waals surface area contributed by atoms with Crippen LogP contribution in [0.3, 0.4) is 0 Å². The molecule has 7 nitrogen and oxygen atoms in total. The molecule has 1 aromatic rings. The van der Waals surface area contributed by atoms with Gasteiger partial charge in [-0.2, -0.15) is 5.10 Å². The number of morpholine rings is 1. The van der Waals surface area contributed by atoms with Crippen LogP contribution in [0.15, 0.2) is 0 Å². The summed E-state index contributed by atoms with van der Waals surface area (Å²) >= 11 is 0. The molecule has 27 heavy (non-hydrogen) atoms. The number of nitrogens with zero attached hydrogens (tertiary/aromatic N) is 3. The fourth-order valence-corrected chi connectivity index (χ4v) is 4.55. The number of carbonyl (C=O) groups excluding carboxylic acids is 1. The van der Waals surface area contributed by atoms with Crippen LogP contribution >= 0.6 is 0 Å². The van der Waals surface area contributed by atoms with Crippen molar-refractivity contribution in [2.24, 2.45) is 0 Å². The smallest absolute Gasteiger partial charge is 0.317 e. The average molecular weight is 378 g/mol. The molecule has 1 aliphatic carbocycles. The van der Waals surface area contributed by atoms with Gasteiger partial charge in [0.2, 0.25) is 0 Å². The zero-order chi connectivity index (χ0) is 19.3. The van der Waals surface area contributed by atoms with Gasteiger partial charge in [0, 0.05) is 44.5 Å². The number of aromatic amines is 1. The van der Waals surface area contributed by atoms with Crippen LogP contribution in [-0.2, 0) is 11.2 Å². The van der Waals surface area contributed by atoms with Crippen molar-refractivity contribution in [3.05, 3.63) is 17.0 Å². The number of hydrogen-bond donors (Lipinski definition) is 2. The SMILES string of the molecule is Cc1n[nH]c(C)c1CCN(C)C(=O)NCC1(N2CCOCC2)CCCCC1. The van der Waals surface area contributed by atoms with Crippen LogP contribution < -0.4 is 5.32 Å². The van der Waals surface area contributed by atoms with Crippen LogP contribution in [0.2, 0.25) is 0 Å². The van der Waals surface area contributed by atoms with Crippen LogP contribution in [0, 0.1) is 13.8 Å². The molecule has 0 unspecified atom stereocenters. The monoisotopic (exact) mass is 377 g/mol. The first-order valence-corrected chi connectivity index (χ1v) is 10.3. The number of aryl methyl sites for hydroxylation is 2. The number of likely N-dealkylation sites (N-methyl/N-ethyl adjacent to an activating group) is 1. The lowest BCUT2D eigenvalue weighted by Gasteiger charge is -2.48. The number of hydrogen-bond acceptors (Lipinski definition) is 4. The molecule has 2 heterocycles. The summed E-state index contributed by atoms with van der Waals surface area (Å²) in [5.41, 5.74) is 3.44. The van der Waals surface area contributed by atoms with Crippen molar-refractivity contribution in [2.75, 3.05) is 46.4 Å². The summed E-state index contributed by atoms with van der Waals surface area (Å²) in [6, 6.07) is 0.0204. The molecule has 1 aliphatic heterocycles. The first-order chi connectivity index (χ1) is 13.0. The topological polar surface area (TPSA) is 73.5 Å². The van der Waals surface area contributed by atoms with Crippen molar-refractivity contribution in [3.8, 4) is 0 Å². The van der Waals surface area contributed by atoms with Gasteiger partial charge in [0.05, 0.1) is 18.9 Å². The van der Waals surface area contributed by atoms with E-state index < -0.39 is 0 Å². The second-order valence-corrected chi connectivity index (χ2v) is 8.13. The number of H-pyrrole nitrogens is 1. The molecule has 0 bridgehead atoms. The summed E-state index contributed by atoms with van der Waals surface area (Å²) < 4.78 is 5.54. The van der Waals surface area contributed by atoms with E-state index in [1.807, 2.05) is 20.9 Å². The van der Waals surface area contributed by atoms with Crippen LogP contribution in [0.5, 0.6) is 0 Å². The number of urea groups is 1. The predicted octanol–water partition coefficient (Wildman–Crippen LogP) is 2.25. The van der Waals surface area contributed by atoms with E-state index >= 15 is 0 Å². The number of ether oxygens (including phenoxy) is 1. The van der Waals surface area contributed by atoms with Crippen molar-refractivity contribution in [2.45, 2.75) is 57.9 Å². The van der Waals surface area contributed by atoms with Gasteiger partial charge in [0.1, 0.15) is 0 Å². The highest BCUT2D eigenvalue weighted by atomic mass is 16.5. The highest BCUT2D eigenvalue weighted by Gasteiger charge is 2.39. The Bertz CT molecular complexity index is 598. The maximum absolute atomic E-state index is 12.7. The summed E-state index contributed by atoms with van der Waals surface area (Å²) in [7, 11) is 1.88. The molecule has 1 saturated carbocycles. The van der Waals surface area contributed by atoms with Crippen LogP contribution in [-0.4, -0.2) is 78.0 Å². The van der Waals surface area contributed by atoms with E-state index in [0.29, 0.717) is 6.54 Å². The normalized spacial score (nSPS) is 20.4. The van der Waals surface area contributed by atoms with Gasteiger partial charge in [-0.3, -0.25) is 10.00 Å². The average Bonchev–Trinajstić information content (AvgIpc) is 3.03. The molecule has 0 spiro atoms. The third-order valence-electron chi connectivity index (χ3n) is 6.36. The van der Waals surface area contributed by atoms with Gasteiger partial charge in [-0.15, -0.1) is 0 Å². The van der Waals surface area contributed by atoms with Crippen molar-refractivity contribution in [3.63, 3.8) is 0 Å². The summed E-state index contributed by atoms with van der Waals surface area (Å²) in [6.45, 7) is 9.03. The molecule has 1 aromatic heterocycles. The second-order valence-electron chi connectivity index (χ2n) is 8.13. The fourth-order valence-electron chi connectivity index (χ4n) is 4.55. The van der Waals surface area contributed by atoms with E-state index in [0.717, 1.165) is 50.7 Å². The lowest BCUT2D eigenvalue weighted by molar-refractivity contribution is -0.0359. The van der Waals surface area contributed by atoms with Crippen LogP contribution in [0.25, 0.3) is 0 Å². The molecule has 2 amide bonds. The molecule has 2 aliphatic rings. The highest BCUT2D eigenvalue weighted by molar-refractivity contribution is 5.74. The van der Waals surface area contributed by atoms with Gasteiger partial charge in [-0.05, 0) is 38.7 Å². The van der Waals surface area contributed by atoms with Crippen molar-refractivity contribution >= 4 is 6.03 Å². The molecule has 0 radical (unpaired) electrons. The Morgan fingerprint density at radius 3 is 2.59 bits per heavy atom. The maximum Gasteiger partial charge on any atom is 0.317 e. The number of nitrogens with one attached hydrogen (secondary N) is 2. The van der Waals surface area contributed by atoms with Crippen LogP contribution in [0.1, 0.15) is 49.1 Å². The Balaban J connectivity index is 1.53. The number of rotatable bonds is 6. The van der Waals surface area contributed by atoms with Crippen LogP contribution in [0.4, 0.5) is 4.79 Å². The fraction of sp³-hybridized carbons (Fsp3) is 0.800. The lowest BCUT2D eigenvalue weighted by Crippen LogP contribution is -2.60. The zero-order valence-corrected chi connectivity index (χ0v) is 17.1. The van der Waals surface area contributed by atoms with Crippen molar-refractivity contribution in [1.29, 1.82) is 0 Å². The summed E-state index contributed by atoms with van der Waals surface area (Å²) in [4.78, 5) is 17.0. The van der Waals surface area contributed by atoms with E-state index in [-0.39, 0.29) is 11.6 Å². The summed E-state index contributed by atoms with van der Waals surface area (Å²) in [5.74, 6) is 0. The Morgan fingerprint density at radius 1 is 1.26 bits per heavy atom. The molecule has 152 valence electrons. The number of carbonyl (C=O) groups is 1. The summed E-state index contributed by atoms with van der Waals surface area (Å²) in [5, 5.41) is 10.5. The van der Waals surface area contributed by atoms with E-state index in [9.17, 15) is 4.79 Å². The molecule has 7 heteroatoms. The van der Waals surface area contributed by atoms with Gasteiger partial charge in [-0.1, -0.05) is 19.3 Å². The van der Waals surface area contributed by atoms with Gasteiger partial charge in [0.25, 0.3) is 0 Å². The number of aromatic nitrogens is 2.